The smallest absolute Gasteiger partial charge is 0.378 e. The molecule has 0 aliphatic heterocycles. The van der Waals surface area contributed by atoms with Crippen LogP contribution in [0.3, 0.4) is 0 Å². The molecule has 1 unspecified atom stereocenters. The van der Waals surface area contributed by atoms with Crippen molar-refractivity contribution in [3.05, 3.63) is 0 Å². The Kier molecular flexibility index (Phi) is 4.78. The van der Waals surface area contributed by atoms with Crippen LogP contribution in [0, 0.1) is 5.41 Å². The molecule has 98 valence electrons. The molecule has 0 aromatic rings. The summed E-state index contributed by atoms with van der Waals surface area (Å²) in [5.41, 5.74) is -5.92. The molecule has 0 N–H and O–H groups in total. The highest BCUT2D eigenvalue weighted by molar-refractivity contribution is 7.87. The lowest BCUT2D eigenvalue weighted by molar-refractivity contribution is -0.0631. The SMILES string of the molecule is COC(COS(=O)(=O)C(F)(F)F)C(C)(C)C. The van der Waals surface area contributed by atoms with E-state index in [1.165, 1.54) is 7.11 Å². The van der Waals surface area contributed by atoms with Crippen LogP contribution in [0.2, 0.25) is 0 Å². The van der Waals surface area contributed by atoms with Gasteiger partial charge < -0.3 is 4.74 Å². The molecule has 0 aliphatic carbocycles. The monoisotopic (exact) mass is 264 g/mol. The third-order valence-corrected chi connectivity index (χ3v) is 2.92. The average molecular weight is 264 g/mol. The number of methoxy groups -OCH3 is 1. The summed E-state index contributed by atoms with van der Waals surface area (Å²) in [4.78, 5) is 0. The van der Waals surface area contributed by atoms with Crippen LogP contribution in [0.25, 0.3) is 0 Å². The van der Waals surface area contributed by atoms with Gasteiger partial charge in [-0.25, -0.2) is 0 Å². The van der Waals surface area contributed by atoms with Gasteiger partial charge in [0, 0.05) is 7.11 Å². The zero-order valence-corrected chi connectivity index (χ0v) is 10.3. The molecule has 1 atom stereocenters. The molecule has 0 spiro atoms. The van der Waals surface area contributed by atoms with Crippen LogP contribution >= 0.6 is 0 Å². The number of hydrogen-bond acceptors (Lipinski definition) is 4. The largest absolute Gasteiger partial charge is 0.523 e. The minimum atomic E-state index is -5.54. The molecule has 16 heavy (non-hydrogen) atoms. The molecular formula is C8H15F3O4S. The third-order valence-electron chi connectivity index (χ3n) is 1.91. The highest BCUT2D eigenvalue weighted by Gasteiger charge is 2.48. The summed E-state index contributed by atoms with van der Waals surface area (Å²) in [7, 11) is -4.27. The minimum absolute atomic E-state index is 0.518. The van der Waals surface area contributed by atoms with E-state index < -0.39 is 33.8 Å². The van der Waals surface area contributed by atoms with Crippen molar-refractivity contribution >= 4 is 10.1 Å². The Bertz CT molecular complexity index is 315. The first-order valence-corrected chi connectivity index (χ1v) is 5.81. The molecule has 0 rings (SSSR count). The zero-order chi connectivity index (χ0) is 13.2. The molecule has 0 saturated carbocycles. The summed E-state index contributed by atoms with van der Waals surface area (Å²) in [6.45, 7) is 4.43. The Morgan fingerprint density at radius 1 is 1.19 bits per heavy atom. The van der Waals surface area contributed by atoms with Crippen LogP contribution in [0.15, 0.2) is 0 Å². The van der Waals surface area contributed by atoms with Gasteiger partial charge in [0.05, 0.1) is 12.7 Å². The predicted octanol–water partition coefficient (Wildman–Crippen LogP) is 1.91. The van der Waals surface area contributed by atoms with Crippen LogP contribution in [0.5, 0.6) is 0 Å². The van der Waals surface area contributed by atoms with Crippen molar-refractivity contribution in [3.8, 4) is 0 Å². The molecular weight excluding hydrogens is 249 g/mol. The second-order valence-electron chi connectivity index (χ2n) is 4.27. The average Bonchev–Trinajstić information content (AvgIpc) is 2.00. The van der Waals surface area contributed by atoms with E-state index >= 15 is 0 Å². The van der Waals surface area contributed by atoms with Gasteiger partial charge in [-0.05, 0) is 5.41 Å². The number of rotatable bonds is 4. The second-order valence-corrected chi connectivity index (χ2v) is 5.88. The van der Waals surface area contributed by atoms with Crippen LogP contribution in [-0.4, -0.2) is 33.7 Å². The topological polar surface area (TPSA) is 52.6 Å². The number of hydrogen-bond donors (Lipinski definition) is 0. The summed E-state index contributed by atoms with van der Waals surface area (Å²) in [6, 6.07) is 0. The normalized spacial score (nSPS) is 16.2. The van der Waals surface area contributed by atoms with Crippen molar-refractivity contribution in [2.45, 2.75) is 32.4 Å². The van der Waals surface area contributed by atoms with Crippen molar-refractivity contribution < 1.29 is 30.5 Å². The third kappa shape index (κ3) is 4.26. The van der Waals surface area contributed by atoms with Crippen molar-refractivity contribution in [1.82, 2.24) is 0 Å². The lowest BCUT2D eigenvalue weighted by Gasteiger charge is -2.28. The summed E-state index contributed by atoms with van der Waals surface area (Å²) < 4.78 is 65.7. The lowest BCUT2D eigenvalue weighted by Crippen LogP contribution is -2.36. The molecule has 0 fully saturated rings. The van der Waals surface area contributed by atoms with E-state index in [1.54, 1.807) is 20.8 Å². The fourth-order valence-corrected chi connectivity index (χ4v) is 1.33. The highest BCUT2D eigenvalue weighted by Crippen LogP contribution is 2.27. The number of alkyl halides is 3. The molecule has 0 aromatic carbocycles. The summed E-state index contributed by atoms with van der Waals surface area (Å²) in [5, 5.41) is 0. The molecule has 0 saturated heterocycles. The van der Waals surface area contributed by atoms with Gasteiger partial charge in [0.1, 0.15) is 0 Å². The quantitative estimate of drug-likeness (QED) is 0.575. The van der Waals surface area contributed by atoms with Gasteiger partial charge in [0.2, 0.25) is 0 Å². The van der Waals surface area contributed by atoms with E-state index in [9.17, 15) is 21.6 Å². The van der Waals surface area contributed by atoms with Crippen LogP contribution in [0.4, 0.5) is 13.2 Å². The van der Waals surface area contributed by atoms with Gasteiger partial charge in [0.15, 0.2) is 0 Å². The van der Waals surface area contributed by atoms with Gasteiger partial charge in [-0.3, -0.25) is 4.18 Å². The van der Waals surface area contributed by atoms with Gasteiger partial charge in [-0.1, -0.05) is 20.8 Å². The molecule has 0 amide bonds. The molecule has 0 radical (unpaired) electrons. The Morgan fingerprint density at radius 2 is 1.62 bits per heavy atom. The van der Waals surface area contributed by atoms with Gasteiger partial charge in [-0.2, -0.15) is 21.6 Å². The Morgan fingerprint density at radius 3 is 1.88 bits per heavy atom. The Hall–Kier alpha value is -0.340. The summed E-state index contributed by atoms with van der Waals surface area (Å²) >= 11 is 0. The van der Waals surface area contributed by atoms with Gasteiger partial charge in [-0.15, -0.1) is 0 Å². The van der Waals surface area contributed by atoms with E-state index in [0.717, 1.165) is 0 Å². The van der Waals surface area contributed by atoms with E-state index in [4.69, 9.17) is 4.74 Å². The first-order chi connectivity index (χ1) is 6.92. The Balaban J connectivity index is 4.58. The fourth-order valence-electron chi connectivity index (χ4n) is 0.890. The van der Waals surface area contributed by atoms with E-state index in [-0.39, 0.29) is 0 Å². The fraction of sp³-hybridized carbons (Fsp3) is 1.00. The molecule has 8 heteroatoms. The molecule has 0 aliphatic rings. The number of halogens is 3. The molecule has 0 bridgehead atoms. The van der Waals surface area contributed by atoms with Crippen LogP contribution in [0.1, 0.15) is 20.8 Å². The second kappa shape index (κ2) is 4.89. The highest BCUT2D eigenvalue weighted by atomic mass is 32.2. The van der Waals surface area contributed by atoms with E-state index in [1.807, 2.05) is 0 Å². The molecule has 0 heterocycles. The summed E-state index contributed by atoms with van der Waals surface area (Å²) in [6.07, 6.45) is -0.746. The van der Waals surface area contributed by atoms with Crippen molar-refractivity contribution in [3.63, 3.8) is 0 Å². The van der Waals surface area contributed by atoms with Crippen LogP contribution in [-0.2, 0) is 19.0 Å². The molecule has 4 nitrogen and oxygen atoms in total. The maximum absolute atomic E-state index is 11.9. The predicted molar refractivity (Wildman–Crippen MR) is 51.2 cm³/mol. The standard InChI is InChI=1S/C8H15F3O4S/c1-7(2,3)6(14-4)5-15-16(12,13)8(9,10)11/h6H,5H2,1-4H3. The minimum Gasteiger partial charge on any atom is -0.378 e. The maximum atomic E-state index is 11.9. The lowest BCUT2D eigenvalue weighted by atomic mass is 9.90. The van der Waals surface area contributed by atoms with Crippen LogP contribution < -0.4 is 0 Å². The Labute approximate surface area is 92.9 Å². The first-order valence-electron chi connectivity index (χ1n) is 4.40. The van der Waals surface area contributed by atoms with Crippen molar-refractivity contribution in [2.24, 2.45) is 5.41 Å². The van der Waals surface area contributed by atoms with Crippen molar-refractivity contribution in [2.75, 3.05) is 13.7 Å². The zero-order valence-electron chi connectivity index (χ0n) is 9.46. The van der Waals surface area contributed by atoms with Gasteiger partial charge in [0.25, 0.3) is 0 Å². The van der Waals surface area contributed by atoms with Gasteiger partial charge >= 0.3 is 15.6 Å². The van der Waals surface area contributed by atoms with Crippen molar-refractivity contribution in [1.29, 1.82) is 0 Å². The summed E-state index contributed by atoms with van der Waals surface area (Å²) in [5.74, 6) is 0. The maximum Gasteiger partial charge on any atom is 0.523 e. The van der Waals surface area contributed by atoms with E-state index in [2.05, 4.69) is 4.18 Å². The first kappa shape index (κ1) is 15.7. The molecule has 0 aromatic heterocycles. The number of ether oxygens (including phenoxy) is 1. The van der Waals surface area contributed by atoms with E-state index in [0.29, 0.717) is 0 Å².